The summed E-state index contributed by atoms with van der Waals surface area (Å²) in [5.41, 5.74) is 6.69. The van der Waals surface area contributed by atoms with Crippen molar-refractivity contribution in [1.82, 2.24) is 0 Å². The van der Waals surface area contributed by atoms with Gasteiger partial charge in [-0.05, 0) is 42.5 Å². The average Bonchev–Trinajstić information content (AvgIpc) is 2.40. The molecule has 92 valence electrons. The zero-order valence-corrected chi connectivity index (χ0v) is 11.4. The Hall–Kier alpha value is -1.82. The number of allylic oxidation sites excluding steroid dienone is 1. The molecular formula is C18H20. The Labute approximate surface area is 110 Å². The Bertz CT molecular complexity index is 545. The third-order valence-electron chi connectivity index (χ3n) is 3.27. The predicted octanol–water partition coefficient (Wildman–Crippen LogP) is 5.26. The van der Waals surface area contributed by atoms with Crippen LogP contribution in [0.25, 0.3) is 17.2 Å². The molecule has 0 unspecified atom stereocenters. The van der Waals surface area contributed by atoms with E-state index in [1.165, 1.54) is 27.8 Å². The van der Waals surface area contributed by atoms with Gasteiger partial charge in [-0.1, -0.05) is 67.1 Å². The van der Waals surface area contributed by atoms with Crippen molar-refractivity contribution in [2.24, 2.45) is 0 Å². The number of aryl methyl sites for hydroxylation is 2. The van der Waals surface area contributed by atoms with Crippen molar-refractivity contribution in [2.75, 3.05) is 0 Å². The van der Waals surface area contributed by atoms with E-state index in [1.54, 1.807) is 0 Å². The molecule has 0 aliphatic carbocycles. The molecule has 2 aromatic rings. The first-order chi connectivity index (χ1) is 8.76. The van der Waals surface area contributed by atoms with Crippen LogP contribution >= 0.6 is 0 Å². The van der Waals surface area contributed by atoms with Crippen molar-refractivity contribution >= 4 is 6.08 Å². The zero-order chi connectivity index (χ0) is 13.0. The lowest BCUT2D eigenvalue weighted by Gasteiger charge is -2.11. The molecule has 0 saturated carbocycles. The van der Waals surface area contributed by atoms with Gasteiger partial charge in [0.25, 0.3) is 0 Å². The molecule has 0 aromatic heterocycles. The minimum absolute atomic E-state index is 1.07. The fourth-order valence-corrected chi connectivity index (χ4v) is 2.27. The Morgan fingerprint density at radius 1 is 1.00 bits per heavy atom. The first-order valence-electron chi connectivity index (χ1n) is 6.58. The zero-order valence-electron chi connectivity index (χ0n) is 11.4. The SMILES string of the molecule is C/C=C\c1c(CC)cccc1-c1ccc(C)cc1. The average molecular weight is 236 g/mol. The second kappa shape index (κ2) is 5.68. The highest BCUT2D eigenvalue weighted by Gasteiger charge is 2.06. The van der Waals surface area contributed by atoms with Crippen molar-refractivity contribution < 1.29 is 0 Å². The van der Waals surface area contributed by atoms with E-state index in [9.17, 15) is 0 Å². The molecule has 0 heterocycles. The summed E-state index contributed by atoms with van der Waals surface area (Å²) >= 11 is 0. The molecule has 0 radical (unpaired) electrons. The highest BCUT2D eigenvalue weighted by atomic mass is 14.1. The lowest BCUT2D eigenvalue weighted by Crippen LogP contribution is -1.91. The van der Waals surface area contributed by atoms with Gasteiger partial charge in [-0.15, -0.1) is 0 Å². The number of hydrogen-bond acceptors (Lipinski definition) is 0. The van der Waals surface area contributed by atoms with Crippen LogP contribution in [0.1, 0.15) is 30.5 Å². The van der Waals surface area contributed by atoms with E-state index in [1.807, 2.05) is 0 Å². The van der Waals surface area contributed by atoms with Gasteiger partial charge in [-0.3, -0.25) is 0 Å². The number of hydrogen-bond donors (Lipinski definition) is 0. The van der Waals surface area contributed by atoms with Crippen molar-refractivity contribution in [3.8, 4) is 11.1 Å². The lowest BCUT2D eigenvalue weighted by atomic mass is 9.93. The third-order valence-corrected chi connectivity index (χ3v) is 3.27. The van der Waals surface area contributed by atoms with Crippen molar-refractivity contribution in [3.05, 3.63) is 65.2 Å². The molecule has 0 bridgehead atoms. The standard InChI is InChI=1S/C18H20/c1-4-7-17-15(5-2)8-6-9-18(17)16-12-10-14(3)11-13-16/h4,6-13H,5H2,1-3H3/b7-4-. The van der Waals surface area contributed by atoms with Crippen molar-refractivity contribution in [1.29, 1.82) is 0 Å². The molecule has 18 heavy (non-hydrogen) atoms. The maximum atomic E-state index is 2.22. The molecule has 0 aliphatic rings. The summed E-state index contributed by atoms with van der Waals surface area (Å²) in [7, 11) is 0. The Balaban J connectivity index is 2.59. The van der Waals surface area contributed by atoms with Crippen LogP contribution in [0, 0.1) is 6.92 Å². The number of benzene rings is 2. The molecule has 0 nitrogen and oxygen atoms in total. The molecular weight excluding hydrogens is 216 g/mol. The van der Waals surface area contributed by atoms with E-state index in [2.05, 4.69) is 75.4 Å². The summed E-state index contributed by atoms with van der Waals surface area (Å²) in [4.78, 5) is 0. The quantitative estimate of drug-likeness (QED) is 0.682. The summed E-state index contributed by atoms with van der Waals surface area (Å²) in [6.45, 7) is 6.41. The molecule has 0 fully saturated rings. The van der Waals surface area contributed by atoms with Crippen LogP contribution in [0.5, 0.6) is 0 Å². The van der Waals surface area contributed by atoms with Crippen LogP contribution in [0.15, 0.2) is 48.5 Å². The second-order valence-electron chi connectivity index (χ2n) is 4.60. The second-order valence-corrected chi connectivity index (χ2v) is 4.60. The van der Waals surface area contributed by atoms with Gasteiger partial charge in [0.2, 0.25) is 0 Å². The van der Waals surface area contributed by atoms with Crippen LogP contribution in [-0.2, 0) is 6.42 Å². The molecule has 0 atom stereocenters. The Morgan fingerprint density at radius 3 is 2.33 bits per heavy atom. The molecule has 2 aromatic carbocycles. The molecule has 0 spiro atoms. The van der Waals surface area contributed by atoms with Gasteiger partial charge in [-0.25, -0.2) is 0 Å². The van der Waals surface area contributed by atoms with E-state index in [0.717, 1.165) is 6.42 Å². The third kappa shape index (κ3) is 2.53. The molecule has 0 amide bonds. The molecule has 2 rings (SSSR count). The minimum Gasteiger partial charge on any atom is -0.0870 e. The van der Waals surface area contributed by atoms with Crippen LogP contribution in [0.3, 0.4) is 0 Å². The number of rotatable bonds is 3. The lowest BCUT2D eigenvalue weighted by molar-refractivity contribution is 1.13. The van der Waals surface area contributed by atoms with E-state index in [0.29, 0.717) is 0 Å². The van der Waals surface area contributed by atoms with E-state index in [4.69, 9.17) is 0 Å². The van der Waals surface area contributed by atoms with Crippen LogP contribution in [-0.4, -0.2) is 0 Å². The van der Waals surface area contributed by atoms with Gasteiger partial charge in [0.05, 0.1) is 0 Å². The summed E-state index contributed by atoms with van der Waals surface area (Å²) in [5, 5.41) is 0. The van der Waals surface area contributed by atoms with Gasteiger partial charge in [0.15, 0.2) is 0 Å². The minimum atomic E-state index is 1.07. The molecule has 0 aliphatic heterocycles. The van der Waals surface area contributed by atoms with E-state index >= 15 is 0 Å². The monoisotopic (exact) mass is 236 g/mol. The Morgan fingerprint density at radius 2 is 1.72 bits per heavy atom. The van der Waals surface area contributed by atoms with Crippen molar-refractivity contribution in [2.45, 2.75) is 27.2 Å². The smallest absolute Gasteiger partial charge is 0.0109 e. The van der Waals surface area contributed by atoms with Crippen LogP contribution in [0.4, 0.5) is 0 Å². The van der Waals surface area contributed by atoms with Gasteiger partial charge < -0.3 is 0 Å². The summed E-state index contributed by atoms with van der Waals surface area (Å²) in [5.74, 6) is 0. The van der Waals surface area contributed by atoms with Gasteiger partial charge >= 0.3 is 0 Å². The van der Waals surface area contributed by atoms with Crippen LogP contribution < -0.4 is 0 Å². The summed E-state index contributed by atoms with van der Waals surface area (Å²) in [6, 6.07) is 15.3. The highest BCUT2D eigenvalue weighted by Crippen LogP contribution is 2.28. The topological polar surface area (TPSA) is 0 Å². The highest BCUT2D eigenvalue weighted by molar-refractivity contribution is 5.77. The summed E-state index contributed by atoms with van der Waals surface area (Å²) < 4.78 is 0. The maximum absolute atomic E-state index is 2.22. The molecule has 0 N–H and O–H groups in total. The van der Waals surface area contributed by atoms with Gasteiger partial charge in [-0.2, -0.15) is 0 Å². The normalized spacial score (nSPS) is 11.1. The van der Waals surface area contributed by atoms with Gasteiger partial charge in [0.1, 0.15) is 0 Å². The predicted molar refractivity (Wildman–Crippen MR) is 80.7 cm³/mol. The van der Waals surface area contributed by atoms with Crippen LogP contribution in [0.2, 0.25) is 0 Å². The Kier molecular flexibility index (Phi) is 3.99. The fourth-order valence-electron chi connectivity index (χ4n) is 2.27. The summed E-state index contributed by atoms with van der Waals surface area (Å²) in [6.07, 6.45) is 5.40. The fraction of sp³-hybridized carbons (Fsp3) is 0.222. The molecule has 0 heteroatoms. The first-order valence-corrected chi connectivity index (χ1v) is 6.58. The maximum Gasteiger partial charge on any atom is -0.0109 e. The van der Waals surface area contributed by atoms with E-state index in [-0.39, 0.29) is 0 Å². The van der Waals surface area contributed by atoms with E-state index < -0.39 is 0 Å². The molecule has 0 saturated heterocycles. The van der Waals surface area contributed by atoms with Crippen molar-refractivity contribution in [3.63, 3.8) is 0 Å². The van der Waals surface area contributed by atoms with Gasteiger partial charge in [0, 0.05) is 0 Å². The first kappa shape index (κ1) is 12.6. The largest absolute Gasteiger partial charge is 0.0870 e.